The average molecular weight is 376 g/mol. The zero-order valence-electron chi connectivity index (χ0n) is 12.9. The molecule has 24 heavy (non-hydrogen) atoms. The Morgan fingerprint density at radius 2 is 2.04 bits per heavy atom. The molecule has 0 saturated carbocycles. The second-order valence-electron chi connectivity index (χ2n) is 5.11. The number of anilines is 1. The predicted octanol–water partition coefficient (Wildman–Crippen LogP) is 3.53. The van der Waals surface area contributed by atoms with Gasteiger partial charge in [0.15, 0.2) is 5.13 Å². The van der Waals surface area contributed by atoms with Crippen LogP contribution < -0.4 is 5.32 Å². The van der Waals surface area contributed by atoms with E-state index in [1.165, 1.54) is 28.0 Å². The van der Waals surface area contributed by atoms with E-state index in [2.05, 4.69) is 10.3 Å². The topological polar surface area (TPSA) is 62.3 Å². The number of aryl methyl sites for hydroxylation is 1. The summed E-state index contributed by atoms with van der Waals surface area (Å²) < 4.78 is 0.543. The van der Waals surface area contributed by atoms with Gasteiger partial charge in [0, 0.05) is 18.0 Å². The number of hydrogen-bond donors (Lipinski definition) is 1. The van der Waals surface area contributed by atoms with Gasteiger partial charge in [-0.25, -0.2) is 4.98 Å². The van der Waals surface area contributed by atoms with Gasteiger partial charge in [0.05, 0.1) is 10.6 Å². The molecule has 2 aromatic rings. The fourth-order valence-corrected chi connectivity index (χ4v) is 3.87. The molecule has 2 amide bonds. The van der Waals surface area contributed by atoms with Crippen LogP contribution in [0.1, 0.15) is 21.6 Å². The maximum absolute atomic E-state index is 12.2. The van der Waals surface area contributed by atoms with Crippen LogP contribution in [-0.4, -0.2) is 33.1 Å². The molecule has 8 heteroatoms. The molecule has 0 radical (unpaired) electrons. The third-order valence-corrected chi connectivity index (χ3v) is 5.66. The number of hydrogen-bond acceptors (Lipinski definition) is 6. The van der Waals surface area contributed by atoms with Crippen LogP contribution in [0.15, 0.2) is 34.6 Å². The third-order valence-electron chi connectivity index (χ3n) is 3.30. The van der Waals surface area contributed by atoms with E-state index in [0.717, 1.165) is 11.3 Å². The molecule has 3 rings (SSSR count). The SMILES string of the molecule is Cc1csc(NC(=O)c2ccc(/C=C3/SC(=S)N(C)C3=O)cc2)n1. The normalized spacial score (nSPS) is 16.1. The number of rotatable bonds is 3. The Morgan fingerprint density at radius 3 is 2.58 bits per heavy atom. The highest BCUT2D eigenvalue weighted by molar-refractivity contribution is 8.26. The van der Waals surface area contributed by atoms with Gasteiger partial charge in [-0.15, -0.1) is 11.3 Å². The monoisotopic (exact) mass is 375 g/mol. The van der Waals surface area contributed by atoms with Crippen molar-refractivity contribution >= 4 is 62.7 Å². The van der Waals surface area contributed by atoms with E-state index in [1.54, 1.807) is 37.4 Å². The molecule has 0 bridgehead atoms. The maximum atomic E-state index is 12.2. The van der Waals surface area contributed by atoms with Crippen LogP contribution in [0.25, 0.3) is 6.08 Å². The summed E-state index contributed by atoms with van der Waals surface area (Å²) in [4.78, 5) is 30.4. The standard InChI is InChI=1S/C16H13N3O2S3/c1-9-8-23-15(17-9)18-13(20)11-5-3-10(4-6-11)7-12-14(21)19(2)16(22)24-12/h3-8H,1-2H3,(H,17,18,20)/b12-7+. The van der Waals surface area contributed by atoms with Gasteiger partial charge in [0.2, 0.25) is 0 Å². The smallest absolute Gasteiger partial charge is 0.265 e. The maximum Gasteiger partial charge on any atom is 0.265 e. The Morgan fingerprint density at radius 1 is 1.33 bits per heavy atom. The first kappa shape index (κ1) is 16.8. The number of benzene rings is 1. The average Bonchev–Trinajstić information content (AvgIpc) is 3.07. The van der Waals surface area contributed by atoms with E-state index in [1.807, 2.05) is 12.3 Å². The number of thioether (sulfide) groups is 1. The molecule has 2 heterocycles. The third kappa shape index (κ3) is 3.55. The van der Waals surface area contributed by atoms with Crippen LogP contribution in [0.2, 0.25) is 0 Å². The van der Waals surface area contributed by atoms with Crippen molar-refractivity contribution in [2.24, 2.45) is 0 Å². The van der Waals surface area contributed by atoms with E-state index in [4.69, 9.17) is 12.2 Å². The Hall–Kier alpha value is -2.03. The van der Waals surface area contributed by atoms with Gasteiger partial charge in [-0.05, 0) is 30.7 Å². The van der Waals surface area contributed by atoms with Crippen LogP contribution in [0, 0.1) is 6.92 Å². The molecule has 1 N–H and O–H groups in total. The predicted molar refractivity (Wildman–Crippen MR) is 102 cm³/mol. The number of thiocarbonyl (C=S) groups is 1. The highest BCUT2D eigenvalue weighted by Gasteiger charge is 2.28. The summed E-state index contributed by atoms with van der Waals surface area (Å²) in [7, 11) is 1.66. The lowest BCUT2D eigenvalue weighted by Gasteiger charge is -2.04. The van der Waals surface area contributed by atoms with Gasteiger partial charge in [0.1, 0.15) is 4.32 Å². The molecule has 0 aliphatic carbocycles. The lowest BCUT2D eigenvalue weighted by Crippen LogP contribution is -2.22. The van der Waals surface area contributed by atoms with Gasteiger partial charge >= 0.3 is 0 Å². The van der Waals surface area contributed by atoms with Crippen molar-refractivity contribution in [2.45, 2.75) is 6.92 Å². The highest BCUT2D eigenvalue weighted by atomic mass is 32.2. The summed E-state index contributed by atoms with van der Waals surface area (Å²) in [6.07, 6.45) is 1.77. The number of nitrogens with one attached hydrogen (secondary N) is 1. The number of likely N-dealkylation sites (N-methyl/N-ethyl adjacent to an activating group) is 1. The zero-order valence-corrected chi connectivity index (χ0v) is 15.3. The summed E-state index contributed by atoms with van der Waals surface area (Å²) in [5.74, 6) is -0.318. The Balaban J connectivity index is 1.73. The van der Waals surface area contributed by atoms with Gasteiger partial charge in [-0.1, -0.05) is 36.1 Å². The first-order valence-corrected chi connectivity index (χ1v) is 9.09. The van der Waals surface area contributed by atoms with Gasteiger partial charge in [-0.2, -0.15) is 0 Å². The molecule has 5 nitrogen and oxygen atoms in total. The Kier molecular flexibility index (Phi) is 4.79. The quantitative estimate of drug-likeness (QED) is 0.657. The molecule has 0 atom stereocenters. The summed E-state index contributed by atoms with van der Waals surface area (Å²) >= 11 is 7.76. The van der Waals surface area contributed by atoms with Crippen LogP contribution in [0.3, 0.4) is 0 Å². The van der Waals surface area contributed by atoms with Crippen LogP contribution >= 0.6 is 35.3 Å². The lowest BCUT2D eigenvalue weighted by atomic mass is 10.1. The molecule has 1 saturated heterocycles. The summed E-state index contributed by atoms with van der Waals surface area (Å²) in [6.45, 7) is 1.87. The van der Waals surface area contributed by atoms with Crippen molar-refractivity contribution in [3.05, 3.63) is 51.4 Å². The van der Waals surface area contributed by atoms with Gasteiger partial charge in [0.25, 0.3) is 11.8 Å². The van der Waals surface area contributed by atoms with Crippen molar-refractivity contribution in [2.75, 3.05) is 12.4 Å². The minimum Gasteiger partial charge on any atom is -0.298 e. The molecular formula is C16H13N3O2S3. The Bertz CT molecular complexity index is 856. The van der Waals surface area contributed by atoms with Crippen molar-refractivity contribution in [3.63, 3.8) is 0 Å². The molecule has 1 aromatic carbocycles. The molecule has 0 unspecified atom stereocenters. The van der Waals surface area contributed by atoms with Crippen LogP contribution in [-0.2, 0) is 4.79 Å². The van der Waals surface area contributed by atoms with Crippen molar-refractivity contribution in [1.29, 1.82) is 0 Å². The van der Waals surface area contributed by atoms with Gasteiger partial charge < -0.3 is 0 Å². The zero-order chi connectivity index (χ0) is 17.3. The van der Waals surface area contributed by atoms with Crippen LogP contribution in [0.4, 0.5) is 5.13 Å². The number of thiazole rings is 1. The molecule has 122 valence electrons. The molecule has 1 aromatic heterocycles. The minimum absolute atomic E-state index is 0.106. The molecule has 1 aliphatic rings. The first-order chi connectivity index (χ1) is 11.4. The summed E-state index contributed by atoms with van der Waals surface area (Å²) in [6, 6.07) is 7.02. The number of carbonyl (C=O) groups is 2. The van der Waals surface area contributed by atoms with Crippen molar-refractivity contribution < 1.29 is 9.59 Å². The van der Waals surface area contributed by atoms with Gasteiger partial charge in [-0.3, -0.25) is 19.8 Å². The van der Waals surface area contributed by atoms with E-state index in [9.17, 15) is 9.59 Å². The molecule has 1 fully saturated rings. The number of aromatic nitrogens is 1. The van der Waals surface area contributed by atoms with Crippen molar-refractivity contribution in [3.8, 4) is 0 Å². The number of nitrogens with zero attached hydrogens (tertiary/aromatic N) is 2. The highest BCUT2D eigenvalue weighted by Crippen LogP contribution is 2.31. The van der Waals surface area contributed by atoms with Crippen molar-refractivity contribution in [1.82, 2.24) is 9.88 Å². The summed E-state index contributed by atoms with van der Waals surface area (Å²) in [5, 5.41) is 5.22. The number of amides is 2. The number of carbonyl (C=O) groups excluding carboxylic acids is 2. The minimum atomic E-state index is -0.212. The fraction of sp³-hybridized carbons (Fsp3) is 0.125. The molecule has 0 spiro atoms. The Labute approximate surface area is 152 Å². The van der Waals surface area contributed by atoms with E-state index >= 15 is 0 Å². The van der Waals surface area contributed by atoms with E-state index in [0.29, 0.717) is 19.9 Å². The molecular weight excluding hydrogens is 362 g/mol. The fourth-order valence-electron chi connectivity index (χ4n) is 2.01. The summed E-state index contributed by atoms with van der Waals surface area (Å²) in [5.41, 5.74) is 2.24. The van der Waals surface area contributed by atoms with E-state index < -0.39 is 0 Å². The lowest BCUT2D eigenvalue weighted by molar-refractivity contribution is -0.121. The second kappa shape index (κ2) is 6.84. The van der Waals surface area contributed by atoms with E-state index in [-0.39, 0.29) is 11.8 Å². The molecule has 1 aliphatic heterocycles. The first-order valence-electron chi connectivity index (χ1n) is 6.99. The largest absolute Gasteiger partial charge is 0.298 e. The van der Waals surface area contributed by atoms with Crippen LogP contribution in [0.5, 0.6) is 0 Å². The second-order valence-corrected chi connectivity index (χ2v) is 7.64.